The van der Waals surface area contributed by atoms with Crippen molar-refractivity contribution < 1.29 is 0 Å². The molecule has 3 N–H and O–H groups in total. The van der Waals surface area contributed by atoms with Crippen LogP contribution < -0.4 is 15.5 Å². The number of rotatable bonds is 6. The Bertz CT molecular complexity index is 1210. The highest BCUT2D eigenvalue weighted by Crippen LogP contribution is 2.26. The molecule has 0 aliphatic carbocycles. The summed E-state index contributed by atoms with van der Waals surface area (Å²) in [4.78, 5) is 17.2. The molecule has 0 radical (unpaired) electrons. The summed E-state index contributed by atoms with van der Waals surface area (Å²) in [7, 11) is 1.91. The highest BCUT2D eigenvalue weighted by Gasteiger charge is 2.19. The van der Waals surface area contributed by atoms with Crippen molar-refractivity contribution in [3.8, 4) is 0 Å². The Kier molecular flexibility index (Phi) is 5.83. The number of nitrogens with zero attached hydrogens (tertiary/aromatic N) is 4. The number of pyridine rings is 1. The molecule has 0 saturated carbocycles. The quantitative estimate of drug-likeness (QED) is 0.397. The van der Waals surface area contributed by atoms with Crippen molar-refractivity contribution in [3.63, 3.8) is 0 Å². The predicted octanol–water partition coefficient (Wildman–Crippen LogP) is 4.72. The average Bonchev–Trinajstić information content (AvgIpc) is 3.21. The van der Waals surface area contributed by atoms with Gasteiger partial charge < -0.3 is 20.5 Å². The van der Waals surface area contributed by atoms with Gasteiger partial charge in [0.1, 0.15) is 5.82 Å². The van der Waals surface area contributed by atoms with E-state index in [1.165, 1.54) is 5.56 Å². The van der Waals surface area contributed by atoms with Crippen LogP contribution in [0.25, 0.3) is 11.0 Å². The third kappa shape index (κ3) is 4.49. The summed E-state index contributed by atoms with van der Waals surface area (Å²) >= 11 is 6.37. The van der Waals surface area contributed by atoms with E-state index in [0.29, 0.717) is 5.95 Å². The number of anilines is 4. The van der Waals surface area contributed by atoms with Gasteiger partial charge in [0.15, 0.2) is 0 Å². The second-order valence-corrected chi connectivity index (χ2v) is 8.36. The topological polar surface area (TPSA) is 72.1 Å². The number of para-hydroxylation sites is 1. The van der Waals surface area contributed by atoms with Crippen LogP contribution in [0.15, 0.2) is 60.8 Å². The number of halogens is 1. The minimum Gasteiger partial charge on any atom is -0.388 e. The van der Waals surface area contributed by atoms with Crippen LogP contribution in [0.4, 0.5) is 23.1 Å². The second-order valence-electron chi connectivity index (χ2n) is 7.96. The maximum Gasteiger partial charge on any atom is 0.206 e. The van der Waals surface area contributed by atoms with Crippen LogP contribution >= 0.6 is 11.6 Å². The van der Waals surface area contributed by atoms with Gasteiger partial charge in [-0.05, 0) is 48.0 Å². The highest BCUT2D eigenvalue weighted by molar-refractivity contribution is 6.33. The molecule has 1 aliphatic rings. The summed E-state index contributed by atoms with van der Waals surface area (Å²) in [6.45, 7) is 4.81. The number of imidazole rings is 1. The van der Waals surface area contributed by atoms with Crippen molar-refractivity contribution in [2.45, 2.75) is 6.54 Å². The van der Waals surface area contributed by atoms with E-state index in [9.17, 15) is 0 Å². The fraction of sp³-hybridized carbons (Fsp3) is 0.250. The molecule has 0 spiro atoms. The molecule has 2 aromatic heterocycles. The number of fused-ring (bicyclic) bond motifs is 1. The summed E-state index contributed by atoms with van der Waals surface area (Å²) < 4.78 is 0. The lowest BCUT2D eigenvalue weighted by molar-refractivity contribution is 0.250. The summed E-state index contributed by atoms with van der Waals surface area (Å²) in [5.41, 5.74) is 5.28. The van der Waals surface area contributed by atoms with E-state index in [1.807, 2.05) is 49.6 Å². The molecule has 1 fully saturated rings. The SMILES string of the molecule is CNc1ccc2nc(Nc3cc(CN4CCN(c5ccccc5Cl)CC4)ccn3)[nH]c2c1. The van der Waals surface area contributed by atoms with Crippen LogP contribution in [-0.4, -0.2) is 53.1 Å². The Morgan fingerprint density at radius 1 is 1.03 bits per heavy atom. The second kappa shape index (κ2) is 9.06. The minimum atomic E-state index is 0.686. The number of aromatic nitrogens is 3. The van der Waals surface area contributed by atoms with Gasteiger partial charge in [0.05, 0.1) is 21.7 Å². The van der Waals surface area contributed by atoms with E-state index in [1.54, 1.807) is 0 Å². The summed E-state index contributed by atoms with van der Waals surface area (Å²) in [6.07, 6.45) is 1.85. The summed E-state index contributed by atoms with van der Waals surface area (Å²) in [6, 6.07) is 18.3. The van der Waals surface area contributed by atoms with Gasteiger partial charge in [-0.1, -0.05) is 23.7 Å². The first kappa shape index (κ1) is 20.6. The summed E-state index contributed by atoms with van der Waals surface area (Å²) in [5, 5.41) is 7.27. The van der Waals surface area contributed by atoms with Gasteiger partial charge in [-0.25, -0.2) is 9.97 Å². The third-order valence-electron chi connectivity index (χ3n) is 5.81. The molecule has 1 saturated heterocycles. The fourth-order valence-corrected chi connectivity index (χ4v) is 4.36. The molecule has 0 amide bonds. The average molecular weight is 448 g/mol. The van der Waals surface area contributed by atoms with Crippen molar-refractivity contribution in [2.24, 2.45) is 0 Å². The smallest absolute Gasteiger partial charge is 0.206 e. The van der Waals surface area contributed by atoms with Crippen LogP contribution in [0, 0.1) is 0 Å². The Labute approximate surface area is 192 Å². The van der Waals surface area contributed by atoms with Gasteiger partial charge in [-0.3, -0.25) is 4.90 Å². The predicted molar refractivity (Wildman–Crippen MR) is 132 cm³/mol. The van der Waals surface area contributed by atoms with E-state index < -0.39 is 0 Å². The van der Waals surface area contributed by atoms with Crippen LogP contribution in [0.3, 0.4) is 0 Å². The zero-order chi connectivity index (χ0) is 21.9. The van der Waals surface area contributed by atoms with E-state index in [4.69, 9.17) is 11.6 Å². The molecule has 0 atom stereocenters. The lowest BCUT2D eigenvalue weighted by Gasteiger charge is -2.36. The van der Waals surface area contributed by atoms with Crippen molar-refractivity contribution in [3.05, 3.63) is 71.4 Å². The number of H-pyrrole nitrogens is 1. The van der Waals surface area contributed by atoms with Gasteiger partial charge in [0.2, 0.25) is 5.95 Å². The zero-order valence-corrected chi connectivity index (χ0v) is 18.7. The van der Waals surface area contributed by atoms with Gasteiger partial charge >= 0.3 is 0 Å². The summed E-state index contributed by atoms with van der Waals surface area (Å²) in [5.74, 6) is 1.47. The Hall–Kier alpha value is -3.29. The van der Waals surface area contributed by atoms with Gasteiger partial charge in [-0.15, -0.1) is 0 Å². The van der Waals surface area contributed by atoms with E-state index in [0.717, 1.165) is 66.0 Å². The molecule has 8 heteroatoms. The van der Waals surface area contributed by atoms with Crippen molar-refractivity contribution >= 4 is 45.8 Å². The van der Waals surface area contributed by atoms with Crippen molar-refractivity contribution in [1.29, 1.82) is 0 Å². The Morgan fingerprint density at radius 2 is 1.88 bits per heavy atom. The highest BCUT2D eigenvalue weighted by atomic mass is 35.5. The maximum atomic E-state index is 6.37. The maximum absolute atomic E-state index is 6.37. The first-order valence-electron chi connectivity index (χ1n) is 10.8. The number of nitrogens with one attached hydrogen (secondary N) is 3. The van der Waals surface area contributed by atoms with Crippen molar-refractivity contribution in [1.82, 2.24) is 19.9 Å². The zero-order valence-electron chi connectivity index (χ0n) is 18.0. The largest absolute Gasteiger partial charge is 0.388 e. The van der Waals surface area contributed by atoms with Crippen LogP contribution in [0.1, 0.15) is 5.56 Å². The van der Waals surface area contributed by atoms with Gasteiger partial charge in [0.25, 0.3) is 0 Å². The monoisotopic (exact) mass is 447 g/mol. The molecule has 32 heavy (non-hydrogen) atoms. The van der Waals surface area contributed by atoms with E-state index >= 15 is 0 Å². The van der Waals surface area contributed by atoms with Gasteiger partial charge in [0, 0.05) is 51.7 Å². The van der Waals surface area contributed by atoms with Crippen molar-refractivity contribution in [2.75, 3.05) is 48.8 Å². The molecule has 7 nitrogen and oxygen atoms in total. The molecule has 3 heterocycles. The lowest BCUT2D eigenvalue weighted by atomic mass is 10.2. The molecule has 0 bridgehead atoms. The molecule has 5 rings (SSSR count). The normalized spacial score (nSPS) is 14.6. The minimum absolute atomic E-state index is 0.686. The third-order valence-corrected chi connectivity index (χ3v) is 6.13. The lowest BCUT2D eigenvalue weighted by Crippen LogP contribution is -2.46. The molecule has 164 valence electrons. The number of aromatic amines is 1. The molecule has 2 aromatic carbocycles. The molecule has 4 aromatic rings. The van der Waals surface area contributed by atoms with Crippen LogP contribution in [0.5, 0.6) is 0 Å². The van der Waals surface area contributed by atoms with Crippen LogP contribution in [-0.2, 0) is 6.54 Å². The standard InChI is InChI=1S/C24H26ClN7/c1-26-18-6-7-20-21(15-18)29-24(28-20)30-23-14-17(8-9-27-23)16-31-10-12-32(13-11-31)22-5-3-2-4-19(22)25/h2-9,14-15,26H,10-13,16H2,1H3,(H2,27,28,29,30). The first-order valence-corrected chi connectivity index (χ1v) is 11.2. The molecular formula is C24H26ClN7. The Balaban J connectivity index is 1.22. The fourth-order valence-electron chi connectivity index (χ4n) is 4.10. The van der Waals surface area contributed by atoms with E-state index in [2.05, 4.69) is 53.6 Å². The van der Waals surface area contributed by atoms with Crippen LogP contribution in [0.2, 0.25) is 5.02 Å². The molecular weight excluding hydrogens is 422 g/mol. The number of piperazine rings is 1. The number of hydrogen-bond donors (Lipinski definition) is 3. The van der Waals surface area contributed by atoms with E-state index in [-0.39, 0.29) is 0 Å². The molecule has 0 unspecified atom stereocenters. The van der Waals surface area contributed by atoms with Gasteiger partial charge in [-0.2, -0.15) is 0 Å². The number of hydrogen-bond acceptors (Lipinski definition) is 6. The first-order chi connectivity index (χ1) is 15.7. The number of benzene rings is 2. The Morgan fingerprint density at radius 3 is 2.69 bits per heavy atom. The molecule has 1 aliphatic heterocycles.